The molecule has 2 nitrogen and oxygen atoms in total. The van der Waals surface area contributed by atoms with Crippen LogP contribution in [0.4, 0.5) is 5.69 Å². The molecule has 1 aliphatic carbocycles. The van der Waals surface area contributed by atoms with Gasteiger partial charge in [0.15, 0.2) is 0 Å². The number of halogens is 1. The number of amides is 1. The van der Waals surface area contributed by atoms with E-state index in [0.717, 1.165) is 29.2 Å². The number of rotatable bonds is 2. The molecule has 1 aliphatic heterocycles. The molecule has 3 rings (SSSR count). The van der Waals surface area contributed by atoms with E-state index in [4.69, 9.17) is 11.6 Å². The first kappa shape index (κ1) is 12.7. The van der Waals surface area contributed by atoms with Crippen LogP contribution in [0.15, 0.2) is 24.3 Å². The van der Waals surface area contributed by atoms with Gasteiger partial charge in [0.2, 0.25) is 0 Å². The quantitative estimate of drug-likeness (QED) is 0.783. The summed E-state index contributed by atoms with van der Waals surface area (Å²) in [7, 11) is 0. The van der Waals surface area contributed by atoms with Crippen LogP contribution >= 0.6 is 11.6 Å². The molecule has 1 fully saturated rings. The molecule has 1 N–H and O–H groups in total. The molecule has 0 aromatic heterocycles. The third-order valence-electron chi connectivity index (χ3n) is 4.14. The summed E-state index contributed by atoms with van der Waals surface area (Å²) in [5.41, 5.74) is 2.65. The van der Waals surface area contributed by atoms with Crippen LogP contribution in [-0.4, -0.2) is 5.91 Å². The average molecular weight is 276 g/mol. The van der Waals surface area contributed by atoms with Gasteiger partial charge >= 0.3 is 0 Å². The fraction of sp³-hybridized carbons (Fsp3) is 0.438. The van der Waals surface area contributed by atoms with E-state index < -0.39 is 0 Å². The van der Waals surface area contributed by atoms with Crippen molar-refractivity contribution < 1.29 is 4.79 Å². The molecule has 0 atom stereocenters. The topological polar surface area (TPSA) is 29.1 Å². The van der Waals surface area contributed by atoms with E-state index >= 15 is 0 Å². The van der Waals surface area contributed by atoms with Gasteiger partial charge < -0.3 is 5.32 Å². The Labute approximate surface area is 118 Å². The summed E-state index contributed by atoms with van der Waals surface area (Å²) < 4.78 is 0. The van der Waals surface area contributed by atoms with Gasteiger partial charge in [-0.15, -0.1) is 0 Å². The number of benzene rings is 1. The summed E-state index contributed by atoms with van der Waals surface area (Å²) in [6.07, 6.45) is 9.79. The second-order valence-electron chi connectivity index (χ2n) is 5.50. The zero-order valence-corrected chi connectivity index (χ0v) is 11.7. The van der Waals surface area contributed by atoms with Gasteiger partial charge in [-0.3, -0.25) is 4.79 Å². The summed E-state index contributed by atoms with van der Waals surface area (Å²) in [6.45, 7) is 0. The Morgan fingerprint density at radius 1 is 1.26 bits per heavy atom. The van der Waals surface area contributed by atoms with Gasteiger partial charge in [0.05, 0.1) is 5.69 Å². The Balaban J connectivity index is 1.79. The maximum Gasteiger partial charge on any atom is 0.256 e. The van der Waals surface area contributed by atoms with Gasteiger partial charge in [-0.2, -0.15) is 0 Å². The van der Waals surface area contributed by atoms with E-state index in [2.05, 4.69) is 11.4 Å². The van der Waals surface area contributed by atoms with Crippen LogP contribution in [0.5, 0.6) is 0 Å². The first-order valence-corrected chi connectivity index (χ1v) is 7.43. The van der Waals surface area contributed by atoms with Crippen molar-refractivity contribution in [2.24, 2.45) is 5.92 Å². The molecule has 1 saturated carbocycles. The number of carbonyl (C=O) groups excluding carboxylic acids is 1. The molecule has 1 heterocycles. The molecule has 3 heteroatoms. The second-order valence-corrected chi connectivity index (χ2v) is 5.94. The molecule has 1 aromatic carbocycles. The molecule has 0 bridgehead atoms. The second kappa shape index (κ2) is 5.38. The van der Waals surface area contributed by atoms with Crippen LogP contribution in [-0.2, 0) is 4.79 Å². The highest BCUT2D eigenvalue weighted by Gasteiger charge is 2.24. The van der Waals surface area contributed by atoms with Crippen molar-refractivity contribution in [3.8, 4) is 0 Å². The van der Waals surface area contributed by atoms with Crippen LogP contribution < -0.4 is 5.32 Å². The van der Waals surface area contributed by atoms with Gasteiger partial charge in [0.25, 0.3) is 5.91 Å². The number of anilines is 1. The van der Waals surface area contributed by atoms with Gasteiger partial charge in [0, 0.05) is 16.2 Å². The van der Waals surface area contributed by atoms with Crippen molar-refractivity contribution in [1.29, 1.82) is 0 Å². The van der Waals surface area contributed by atoms with E-state index in [1.807, 2.05) is 18.2 Å². The lowest BCUT2D eigenvalue weighted by atomic mass is 9.86. The minimum atomic E-state index is 0.00748. The van der Waals surface area contributed by atoms with Crippen molar-refractivity contribution in [2.75, 3.05) is 5.32 Å². The van der Waals surface area contributed by atoms with Crippen molar-refractivity contribution in [3.05, 3.63) is 34.9 Å². The van der Waals surface area contributed by atoms with Gasteiger partial charge in [-0.1, -0.05) is 55.8 Å². The Kier molecular flexibility index (Phi) is 3.61. The van der Waals surface area contributed by atoms with Crippen LogP contribution in [0, 0.1) is 5.92 Å². The third-order valence-corrected chi connectivity index (χ3v) is 4.38. The van der Waals surface area contributed by atoms with Gasteiger partial charge in [0.1, 0.15) is 0 Å². The number of fused-ring (bicyclic) bond motifs is 1. The van der Waals surface area contributed by atoms with Crippen LogP contribution in [0.1, 0.15) is 44.1 Å². The number of nitrogens with one attached hydrogen (secondary N) is 1. The minimum absolute atomic E-state index is 0.00748. The first-order chi connectivity index (χ1) is 9.24. The molecule has 0 radical (unpaired) electrons. The van der Waals surface area contributed by atoms with Crippen LogP contribution in [0.25, 0.3) is 5.57 Å². The smallest absolute Gasteiger partial charge is 0.256 e. The lowest BCUT2D eigenvalue weighted by molar-refractivity contribution is -0.110. The maximum atomic E-state index is 12.0. The first-order valence-electron chi connectivity index (χ1n) is 7.05. The number of hydrogen-bond acceptors (Lipinski definition) is 1. The Morgan fingerprint density at radius 2 is 2.05 bits per heavy atom. The van der Waals surface area contributed by atoms with Crippen LogP contribution in [0.2, 0.25) is 5.02 Å². The van der Waals surface area contributed by atoms with Crippen molar-refractivity contribution in [2.45, 2.75) is 38.5 Å². The summed E-state index contributed by atoms with van der Waals surface area (Å²) in [5, 5.41) is 3.54. The van der Waals surface area contributed by atoms with Gasteiger partial charge in [-0.05, 0) is 24.5 Å². The molecule has 0 unspecified atom stereocenters. The fourth-order valence-corrected chi connectivity index (χ4v) is 3.25. The molecular formula is C16H18ClNO. The normalized spacial score (nSPS) is 21.5. The largest absolute Gasteiger partial charge is 0.321 e. The monoisotopic (exact) mass is 275 g/mol. The van der Waals surface area contributed by atoms with E-state index in [-0.39, 0.29) is 5.91 Å². The number of carbonyl (C=O) groups is 1. The predicted molar refractivity (Wildman–Crippen MR) is 79.3 cm³/mol. The fourth-order valence-electron chi connectivity index (χ4n) is 3.08. The lowest BCUT2D eigenvalue weighted by Crippen LogP contribution is -2.07. The third kappa shape index (κ3) is 2.69. The highest BCUT2D eigenvalue weighted by Crippen LogP contribution is 2.35. The molecule has 1 amide bonds. The Bertz CT molecular complexity index is 530. The standard InChI is InChI=1S/C16H18ClNO/c17-12-7-9-13-14(16(19)18-15(13)10-12)8-6-11-4-2-1-3-5-11/h7-11H,1-6H2,(H,18,19)/b14-8+. The molecule has 2 aliphatic rings. The zero-order chi connectivity index (χ0) is 13.2. The maximum absolute atomic E-state index is 12.0. The van der Waals surface area contributed by atoms with E-state index in [1.54, 1.807) is 0 Å². The van der Waals surface area contributed by atoms with Crippen molar-refractivity contribution >= 4 is 28.8 Å². The highest BCUT2D eigenvalue weighted by atomic mass is 35.5. The summed E-state index contributed by atoms with van der Waals surface area (Å²) in [4.78, 5) is 12.0. The van der Waals surface area contributed by atoms with E-state index in [9.17, 15) is 4.79 Å². The number of allylic oxidation sites excluding steroid dienone is 1. The highest BCUT2D eigenvalue weighted by molar-refractivity contribution is 6.34. The van der Waals surface area contributed by atoms with Crippen molar-refractivity contribution in [1.82, 2.24) is 0 Å². The summed E-state index contributed by atoms with van der Waals surface area (Å²) >= 11 is 5.95. The zero-order valence-electron chi connectivity index (χ0n) is 10.9. The molecule has 19 heavy (non-hydrogen) atoms. The summed E-state index contributed by atoms with van der Waals surface area (Å²) in [5.74, 6) is 0.762. The molecule has 1 aromatic rings. The molecule has 0 spiro atoms. The average Bonchev–Trinajstić information content (AvgIpc) is 2.72. The SMILES string of the molecule is O=C1Nc2cc(Cl)ccc2/C1=C\CC1CCCCC1. The Morgan fingerprint density at radius 3 is 2.84 bits per heavy atom. The van der Waals surface area contributed by atoms with Crippen LogP contribution in [0.3, 0.4) is 0 Å². The molecule has 0 saturated heterocycles. The Hall–Kier alpha value is -1.28. The predicted octanol–water partition coefficient (Wildman–Crippen LogP) is 4.65. The summed E-state index contributed by atoms with van der Waals surface area (Å²) in [6, 6.07) is 5.59. The molecule has 100 valence electrons. The van der Waals surface area contributed by atoms with Gasteiger partial charge in [-0.25, -0.2) is 0 Å². The van der Waals surface area contributed by atoms with Crippen molar-refractivity contribution in [3.63, 3.8) is 0 Å². The van der Waals surface area contributed by atoms with E-state index in [0.29, 0.717) is 5.02 Å². The van der Waals surface area contributed by atoms with E-state index in [1.165, 1.54) is 32.1 Å². The minimum Gasteiger partial charge on any atom is -0.321 e. The lowest BCUT2D eigenvalue weighted by Gasteiger charge is -2.19. The molecular weight excluding hydrogens is 258 g/mol. The number of hydrogen-bond donors (Lipinski definition) is 1.